The highest BCUT2D eigenvalue weighted by Crippen LogP contribution is 2.17. The third-order valence-corrected chi connectivity index (χ3v) is 4.28. The SMILES string of the molecule is Cc1n(CC(=O)c2ccc(N3CCOCC3)cc2)cc[n+]1C. The molecule has 1 aliphatic rings. The molecule has 1 saturated heterocycles. The van der Waals surface area contributed by atoms with Crippen LogP contribution in [-0.4, -0.2) is 36.7 Å². The molecule has 0 aliphatic carbocycles. The molecule has 1 aromatic heterocycles. The number of hydrogen-bond acceptors (Lipinski definition) is 3. The first-order valence-corrected chi connectivity index (χ1v) is 7.62. The molecule has 1 aromatic carbocycles. The van der Waals surface area contributed by atoms with Crippen LogP contribution >= 0.6 is 0 Å². The number of anilines is 1. The third-order valence-electron chi connectivity index (χ3n) is 4.28. The predicted octanol–water partition coefficient (Wildman–Crippen LogP) is 1.34. The Morgan fingerprint density at radius 1 is 1.23 bits per heavy atom. The number of Topliss-reactive ketones (excluding diaryl/α,β-unsaturated/α-hetero) is 1. The number of aromatic nitrogens is 2. The Bertz CT molecular complexity index is 655. The zero-order valence-electron chi connectivity index (χ0n) is 13.2. The highest BCUT2D eigenvalue weighted by molar-refractivity contribution is 5.96. The van der Waals surface area contributed by atoms with Crippen LogP contribution in [0.1, 0.15) is 16.2 Å². The molecule has 5 heteroatoms. The summed E-state index contributed by atoms with van der Waals surface area (Å²) >= 11 is 0. The van der Waals surface area contributed by atoms with Crippen LogP contribution in [0.15, 0.2) is 36.7 Å². The van der Waals surface area contributed by atoms with Gasteiger partial charge in [0.25, 0.3) is 5.82 Å². The maximum atomic E-state index is 12.4. The van der Waals surface area contributed by atoms with Gasteiger partial charge in [0.2, 0.25) is 5.78 Å². The lowest BCUT2D eigenvalue weighted by Gasteiger charge is -2.28. The molecule has 0 amide bonds. The van der Waals surface area contributed by atoms with Crippen molar-refractivity contribution in [3.05, 3.63) is 48.0 Å². The molecule has 5 nitrogen and oxygen atoms in total. The zero-order valence-corrected chi connectivity index (χ0v) is 13.2. The van der Waals surface area contributed by atoms with E-state index in [0.29, 0.717) is 6.54 Å². The monoisotopic (exact) mass is 300 g/mol. The third kappa shape index (κ3) is 3.04. The Morgan fingerprint density at radius 2 is 1.91 bits per heavy atom. The minimum absolute atomic E-state index is 0.132. The van der Waals surface area contributed by atoms with E-state index in [-0.39, 0.29) is 5.78 Å². The average Bonchev–Trinajstić information content (AvgIpc) is 2.88. The molecule has 0 unspecified atom stereocenters. The zero-order chi connectivity index (χ0) is 15.5. The van der Waals surface area contributed by atoms with E-state index in [4.69, 9.17) is 4.74 Å². The molecular formula is C17H22N3O2+. The van der Waals surface area contributed by atoms with Crippen molar-refractivity contribution in [2.75, 3.05) is 31.2 Å². The summed E-state index contributed by atoms with van der Waals surface area (Å²) in [5.41, 5.74) is 1.91. The van der Waals surface area contributed by atoms with Crippen LogP contribution in [0.25, 0.3) is 0 Å². The number of carbonyl (C=O) groups excluding carboxylic acids is 1. The van der Waals surface area contributed by atoms with Crippen LogP contribution in [-0.2, 0) is 18.3 Å². The van der Waals surface area contributed by atoms with Crippen LogP contribution in [0.5, 0.6) is 0 Å². The Kier molecular flexibility index (Phi) is 4.24. The van der Waals surface area contributed by atoms with Crippen molar-refractivity contribution in [2.45, 2.75) is 13.5 Å². The minimum atomic E-state index is 0.132. The van der Waals surface area contributed by atoms with Crippen molar-refractivity contribution in [1.82, 2.24) is 4.57 Å². The Balaban J connectivity index is 1.69. The molecule has 0 atom stereocenters. The number of ether oxygens (including phenoxy) is 1. The van der Waals surface area contributed by atoms with E-state index in [1.807, 2.05) is 59.8 Å². The molecule has 116 valence electrons. The molecule has 1 fully saturated rings. The van der Waals surface area contributed by atoms with Crippen molar-refractivity contribution in [1.29, 1.82) is 0 Å². The maximum Gasteiger partial charge on any atom is 0.253 e. The van der Waals surface area contributed by atoms with E-state index >= 15 is 0 Å². The van der Waals surface area contributed by atoms with Crippen LogP contribution in [0.2, 0.25) is 0 Å². The summed E-state index contributed by atoms with van der Waals surface area (Å²) in [4.78, 5) is 14.7. The van der Waals surface area contributed by atoms with Gasteiger partial charge in [0.15, 0.2) is 6.54 Å². The summed E-state index contributed by atoms with van der Waals surface area (Å²) in [7, 11) is 1.98. The molecule has 2 heterocycles. The summed E-state index contributed by atoms with van der Waals surface area (Å²) in [6.07, 6.45) is 3.90. The maximum absolute atomic E-state index is 12.4. The van der Waals surface area contributed by atoms with Crippen LogP contribution < -0.4 is 9.47 Å². The van der Waals surface area contributed by atoms with Crippen molar-refractivity contribution in [3.8, 4) is 0 Å². The quantitative estimate of drug-likeness (QED) is 0.632. The second kappa shape index (κ2) is 6.32. The van der Waals surface area contributed by atoms with Crippen molar-refractivity contribution < 1.29 is 14.1 Å². The van der Waals surface area contributed by atoms with Crippen molar-refractivity contribution >= 4 is 11.5 Å². The summed E-state index contributed by atoms with van der Waals surface area (Å²) in [6, 6.07) is 7.90. The van der Waals surface area contributed by atoms with Crippen LogP contribution in [0.3, 0.4) is 0 Å². The van der Waals surface area contributed by atoms with Crippen LogP contribution in [0, 0.1) is 6.92 Å². The predicted molar refractivity (Wildman–Crippen MR) is 84.1 cm³/mol. The van der Waals surface area contributed by atoms with Gasteiger partial charge in [-0.15, -0.1) is 0 Å². The molecule has 1 aliphatic heterocycles. The lowest BCUT2D eigenvalue weighted by molar-refractivity contribution is -0.677. The number of hydrogen-bond donors (Lipinski definition) is 0. The molecule has 2 aromatic rings. The second-order valence-corrected chi connectivity index (χ2v) is 5.65. The fourth-order valence-corrected chi connectivity index (χ4v) is 2.69. The number of nitrogens with zero attached hydrogens (tertiary/aromatic N) is 3. The highest BCUT2D eigenvalue weighted by atomic mass is 16.5. The first-order valence-electron chi connectivity index (χ1n) is 7.62. The van der Waals surface area contributed by atoms with E-state index in [1.54, 1.807) is 0 Å². The van der Waals surface area contributed by atoms with Gasteiger partial charge in [-0.2, -0.15) is 0 Å². The van der Waals surface area contributed by atoms with Gasteiger partial charge >= 0.3 is 0 Å². The van der Waals surface area contributed by atoms with Gasteiger partial charge in [0.05, 0.1) is 20.3 Å². The smallest absolute Gasteiger partial charge is 0.253 e. The largest absolute Gasteiger partial charge is 0.378 e. The normalized spacial score (nSPS) is 15.1. The molecule has 0 radical (unpaired) electrons. The number of imidazole rings is 1. The summed E-state index contributed by atoms with van der Waals surface area (Å²) < 4.78 is 9.34. The second-order valence-electron chi connectivity index (χ2n) is 5.65. The van der Waals surface area contributed by atoms with E-state index < -0.39 is 0 Å². The fraction of sp³-hybridized carbons (Fsp3) is 0.412. The van der Waals surface area contributed by atoms with E-state index in [1.165, 1.54) is 0 Å². The molecule has 0 bridgehead atoms. The number of benzene rings is 1. The highest BCUT2D eigenvalue weighted by Gasteiger charge is 2.16. The fourth-order valence-electron chi connectivity index (χ4n) is 2.69. The van der Waals surface area contributed by atoms with Gasteiger partial charge in [-0.05, 0) is 24.3 Å². The van der Waals surface area contributed by atoms with Gasteiger partial charge in [-0.1, -0.05) is 0 Å². The topological polar surface area (TPSA) is 38.4 Å². The van der Waals surface area contributed by atoms with Crippen LogP contribution in [0.4, 0.5) is 5.69 Å². The number of carbonyl (C=O) groups is 1. The summed E-state index contributed by atoms with van der Waals surface area (Å²) in [6.45, 7) is 5.74. The van der Waals surface area contributed by atoms with E-state index in [2.05, 4.69) is 4.90 Å². The Hall–Kier alpha value is -2.14. The van der Waals surface area contributed by atoms with E-state index in [0.717, 1.165) is 43.4 Å². The molecule has 0 N–H and O–H groups in total. The molecule has 0 spiro atoms. The van der Waals surface area contributed by atoms with Gasteiger partial charge < -0.3 is 9.64 Å². The van der Waals surface area contributed by atoms with Gasteiger partial charge in [0, 0.05) is 31.3 Å². The van der Waals surface area contributed by atoms with Crippen molar-refractivity contribution in [2.24, 2.45) is 7.05 Å². The van der Waals surface area contributed by atoms with Crippen molar-refractivity contribution in [3.63, 3.8) is 0 Å². The number of ketones is 1. The number of aryl methyl sites for hydroxylation is 1. The minimum Gasteiger partial charge on any atom is -0.378 e. The standard InChI is InChI=1S/C17H22N3O2/c1-14-18(2)7-8-20(14)13-17(21)15-3-5-16(6-4-15)19-9-11-22-12-10-19/h3-8H,9-13H2,1-2H3/q+1. The first-order chi connectivity index (χ1) is 10.6. The van der Waals surface area contributed by atoms with Gasteiger partial charge in [0.1, 0.15) is 12.4 Å². The Morgan fingerprint density at radius 3 is 2.50 bits per heavy atom. The lowest BCUT2D eigenvalue weighted by atomic mass is 10.1. The number of rotatable bonds is 4. The summed E-state index contributed by atoms with van der Waals surface area (Å²) in [5, 5.41) is 0. The summed E-state index contributed by atoms with van der Waals surface area (Å²) in [5.74, 6) is 1.20. The Labute approximate surface area is 130 Å². The van der Waals surface area contributed by atoms with Gasteiger partial charge in [-0.25, -0.2) is 9.13 Å². The molecule has 3 rings (SSSR count). The molecular weight excluding hydrogens is 278 g/mol. The first kappa shape index (κ1) is 14.8. The molecule has 0 saturated carbocycles. The van der Waals surface area contributed by atoms with E-state index in [9.17, 15) is 4.79 Å². The lowest BCUT2D eigenvalue weighted by Crippen LogP contribution is -2.36. The number of morpholine rings is 1. The van der Waals surface area contributed by atoms with Gasteiger partial charge in [-0.3, -0.25) is 4.79 Å². The molecule has 22 heavy (non-hydrogen) atoms. The average molecular weight is 300 g/mol.